The van der Waals surface area contributed by atoms with Crippen molar-refractivity contribution in [1.82, 2.24) is 19.4 Å². The number of aromatic nitrogens is 3. The predicted molar refractivity (Wildman–Crippen MR) is 113 cm³/mol. The second kappa shape index (κ2) is 8.62. The van der Waals surface area contributed by atoms with Gasteiger partial charge >= 0.3 is 6.18 Å². The standard InChI is InChI=1S/C21H20F3N5OS/c1-31-20-26-14-17(29(20)16-5-3-2-4-6-16)19(30)28-11-9-27(10-12-28)18-8-7-15(13-25-18)21(22,23)24/h2-8,13-14H,9-12H2,1H3. The number of pyridine rings is 1. The minimum atomic E-state index is -4.41. The van der Waals surface area contributed by atoms with Crippen LogP contribution in [0, 0.1) is 0 Å². The summed E-state index contributed by atoms with van der Waals surface area (Å²) in [5, 5.41) is 0.724. The highest BCUT2D eigenvalue weighted by molar-refractivity contribution is 7.98. The lowest BCUT2D eigenvalue weighted by atomic mass is 10.2. The van der Waals surface area contributed by atoms with Gasteiger partial charge in [0.2, 0.25) is 0 Å². The van der Waals surface area contributed by atoms with Crippen molar-refractivity contribution in [3.63, 3.8) is 0 Å². The van der Waals surface area contributed by atoms with Crippen molar-refractivity contribution in [3.05, 3.63) is 66.1 Å². The molecule has 162 valence electrons. The molecule has 0 bridgehead atoms. The van der Waals surface area contributed by atoms with Gasteiger partial charge in [-0.3, -0.25) is 9.36 Å². The molecule has 0 N–H and O–H groups in total. The van der Waals surface area contributed by atoms with E-state index in [1.165, 1.54) is 17.8 Å². The number of alkyl halides is 3. The van der Waals surface area contributed by atoms with E-state index in [-0.39, 0.29) is 5.91 Å². The third-order valence-electron chi connectivity index (χ3n) is 5.11. The second-order valence-corrected chi connectivity index (χ2v) is 7.76. The van der Waals surface area contributed by atoms with Gasteiger partial charge in [0.05, 0.1) is 11.8 Å². The molecule has 0 aliphatic carbocycles. The molecule has 31 heavy (non-hydrogen) atoms. The van der Waals surface area contributed by atoms with Crippen molar-refractivity contribution >= 4 is 23.5 Å². The molecule has 1 aliphatic heterocycles. The molecule has 0 saturated carbocycles. The van der Waals surface area contributed by atoms with Gasteiger partial charge in [0, 0.05) is 38.1 Å². The Morgan fingerprint density at radius 3 is 2.26 bits per heavy atom. The Bertz CT molecular complexity index is 1050. The number of para-hydroxylation sites is 1. The predicted octanol–water partition coefficient (Wildman–Crippen LogP) is 3.97. The minimum Gasteiger partial charge on any atom is -0.353 e. The molecule has 1 aromatic carbocycles. The van der Waals surface area contributed by atoms with Gasteiger partial charge in [-0.05, 0) is 30.5 Å². The van der Waals surface area contributed by atoms with E-state index >= 15 is 0 Å². The largest absolute Gasteiger partial charge is 0.417 e. The smallest absolute Gasteiger partial charge is 0.353 e. The monoisotopic (exact) mass is 447 g/mol. The highest BCUT2D eigenvalue weighted by Gasteiger charge is 2.31. The van der Waals surface area contributed by atoms with Crippen LogP contribution in [0.1, 0.15) is 16.1 Å². The number of thioether (sulfide) groups is 1. The van der Waals surface area contributed by atoms with Gasteiger partial charge in [-0.25, -0.2) is 9.97 Å². The van der Waals surface area contributed by atoms with Gasteiger partial charge in [0.25, 0.3) is 5.91 Å². The number of halogens is 3. The number of benzene rings is 1. The molecule has 1 saturated heterocycles. The maximum Gasteiger partial charge on any atom is 0.417 e. The molecule has 3 heterocycles. The summed E-state index contributed by atoms with van der Waals surface area (Å²) < 4.78 is 40.1. The molecular weight excluding hydrogens is 427 g/mol. The number of amides is 1. The van der Waals surface area contributed by atoms with Gasteiger partial charge in [-0.2, -0.15) is 13.2 Å². The topological polar surface area (TPSA) is 54.3 Å². The van der Waals surface area contributed by atoms with Gasteiger partial charge < -0.3 is 9.80 Å². The van der Waals surface area contributed by atoms with Crippen molar-refractivity contribution in [2.45, 2.75) is 11.3 Å². The third kappa shape index (κ3) is 4.39. The fraction of sp³-hybridized carbons (Fsp3) is 0.286. The summed E-state index contributed by atoms with van der Waals surface area (Å²) in [4.78, 5) is 25.2. The van der Waals surface area contributed by atoms with E-state index in [0.29, 0.717) is 37.7 Å². The average Bonchev–Trinajstić information content (AvgIpc) is 3.23. The third-order valence-corrected chi connectivity index (χ3v) is 5.76. The maximum absolute atomic E-state index is 13.2. The first-order valence-corrected chi connectivity index (χ1v) is 10.9. The Morgan fingerprint density at radius 1 is 0.968 bits per heavy atom. The molecule has 1 aliphatic rings. The summed E-state index contributed by atoms with van der Waals surface area (Å²) in [5.41, 5.74) is 0.570. The van der Waals surface area contributed by atoms with Crippen LogP contribution in [0.4, 0.5) is 19.0 Å². The van der Waals surface area contributed by atoms with E-state index in [2.05, 4.69) is 9.97 Å². The zero-order valence-corrected chi connectivity index (χ0v) is 17.5. The molecule has 0 unspecified atom stereocenters. The van der Waals surface area contributed by atoms with Crippen LogP contribution in [0.15, 0.2) is 60.0 Å². The Kier molecular flexibility index (Phi) is 5.90. The molecule has 1 fully saturated rings. The Hall–Kier alpha value is -3.01. The van der Waals surface area contributed by atoms with E-state index in [1.807, 2.05) is 46.1 Å². The number of rotatable bonds is 4. The fourth-order valence-electron chi connectivity index (χ4n) is 3.50. The molecule has 10 heteroatoms. The second-order valence-electron chi connectivity index (χ2n) is 6.98. The van der Waals surface area contributed by atoms with Crippen LogP contribution in [0.3, 0.4) is 0 Å². The number of carbonyl (C=O) groups excluding carboxylic acids is 1. The number of anilines is 1. The van der Waals surface area contributed by atoms with Crippen molar-refractivity contribution in [2.24, 2.45) is 0 Å². The lowest BCUT2D eigenvalue weighted by molar-refractivity contribution is -0.137. The lowest BCUT2D eigenvalue weighted by Crippen LogP contribution is -2.49. The van der Waals surface area contributed by atoms with E-state index < -0.39 is 11.7 Å². The highest BCUT2D eigenvalue weighted by atomic mass is 32.2. The zero-order chi connectivity index (χ0) is 22.0. The van der Waals surface area contributed by atoms with Crippen LogP contribution in [-0.4, -0.2) is 57.8 Å². The van der Waals surface area contributed by atoms with Crippen LogP contribution < -0.4 is 4.90 Å². The molecule has 0 atom stereocenters. The normalized spacial score (nSPS) is 14.7. The van der Waals surface area contributed by atoms with Gasteiger partial charge in [0.15, 0.2) is 5.16 Å². The summed E-state index contributed by atoms with van der Waals surface area (Å²) in [6.45, 7) is 1.85. The Balaban J connectivity index is 1.48. The molecule has 3 aromatic rings. The lowest BCUT2D eigenvalue weighted by Gasteiger charge is -2.35. The van der Waals surface area contributed by atoms with E-state index in [1.54, 1.807) is 11.1 Å². The summed E-state index contributed by atoms with van der Waals surface area (Å²) in [7, 11) is 0. The molecule has 2 aromatic heterocycles. The number of hydrogen-bond donors (Lipinski definition) is 0. The zero-order valence-electron chi connectivity index (χ0n) is 16.7. The van der Waals surface area contributed by atoms with Crippen LogP contribution >= 0.6 is 11.8 Å². The first-order valence-electron chi connectivity index (χ1n) is 9.63. The minimum absolute atomic E-state index is 0.128. The van der Waals surface area contributed by atoms with Crippen molar-refractivity contribution in [2.75, 3.05) is 37.3 Å². The number of carbonyl (C=O) groups is 1. The Morgan fingerprint density at radius 2 is 1.68 bits per heavy atom. The molecule has 0 radical (unpaired) electrons. The van der Waals surface area contributed by atoms with Crippen molar-refractivity contribution in [1.29, 1.82) is 0 Å². The first-order chi connectivity index (χ1) is 14.9. The van der Waals surface area contributed by atoms with Crippen LogP contribution in [0.5, 0.6) is 0 Å². The average molecular weight is 447 g/mol. The van der Waals surface area contributed by atoms with Crippen molar-refractivity contribution in [3.8, 4) is 5.69 Å². The molecule has 4 rings (SSSR count). The fourth-order valence-corrected chi connectivity index (χ4v) is 4.04. The number of piperazine rings is 1. The first kappa shape index (κ1) is 21.2. The highest BCUT2D eigenvalue weighted by Crippen LogP contribution is 2.29. The van der Waals surface area contributed by atoms with E-state index in [4.69, 9.17) is 0 Å². The molecular formula is C21H20F3N5OS. The molecule has 0 spiro atoms. The molecule has 6 nitrogen and oxygen atoms in total. The van der Waals surface area contributed by atoms with Crippen LogP contribution in [0.2, 0.25) is 0 Å². The molecule has 1 amide bonds. The maximum atomic E-state index is 13.2. The summed E-state index contributed by atoms with van der Waals surface area (Å²) >= 11 is 1.46. The Labute approximate surface area is 181 Å². The SMILES string of the molecule is CSc1ncc(C(=O)N2CCN(c3ccc(C(F)(F)F)cn3)CC2)n1-c1ccccc1. The van der Waals surface area contributed by atoms with Crippen LogP contribution in [-0.2, 0) is 6.18 Å². The quantitative estimate of drug-likeness (QED) is 0.567. The number of hydrogen-bond acceptors (Lipinski definition) is 5. The number of imidazole rings is 1. The van der Waals surface area contributed by atoms with Crippen LogP contribution in [0.25, 0.3) is 5.69 Å². The summed E-state index contributed by atoms with van der Waals surface area (Å²) in [5.74, 6) is 0.343. The number of nitrogens with zero attached hydrogens (tertiary/aromatic N) is 5. The van der Waals surface area contributed by atoms with Gasteiger partial charge in [0.1, 0.15) is 11.5 Å². The van der Waals surface area contributed by atoms with Gasteiger partial charge in [-0.15, -0.1) is 0 Å². The van der Waals surface area contributed by atoms with E-state index in [0.717, 1.165) is 23.1 Å². The van der Waals surface area contributed by atoms with E-state index in [9.17, 15) is 18.0 Å². The summed E-state index contributed by atoms with van der Waals surface area (Å²) in [6, 6.07) is 12.0. The van der Waals surface area contributed by atoms with Gasteiger partial charge in [-0.1, -0.05) is 30.0 Å². The van der Waals surface area contributed by atoms with Crippen molar-refractivity contribution < 1.29 is 18.0 Å². The summed E-state index contributed by atoms with van der Waals surface area (Å²) in [6.07, 6.45) is -0.0694.